The second-order valence-corrected chi connectivity index (χ2v) is 6.47. The molecule has 0 atom stereocenters. The molecule has 0 aliphatic rings. The molecule has 0 saturated carbocycles. The zero-order valence-corrected chi connectivity index (χ0v) is 16.0. The molecule has 9 nitrogen and oxygen atoms in total. The molecular formula is C21H17N7O2. The van der Waals surface area contributed by atoms with E-state index >= 15 is 0 Å². The van der Waals surface area contributed by atoms with Gasteiger partial charge in [0.25, 0.3) is 5.91 Å². The van der Waals surface area contributed by atoms with Gasteiger partial charge in [0.2, 0.25) is 5.91 Å². The van der Waals surface area contributed by atoms with Crippen molar-refractivity contribution in [2.24, 2.45) is 12.8 Å². The summed E-state index contributed by atoms with van der Waals surface area (Å²) in [5.74, 6) is -0.988. The Balaban J connectivity index is 1.62. The third kappa shape index (κ3) is 3.90. The van der Waals surface area contributed by atoms with Crippen molar-refractivity contribution in [2.45, 2.75) is 0 Å². The van der Waals surface area contributed by atoms with Crippen molar-refractivity contribution in [1.82, 2.24) is 24.7 Å². The summed E-state index contributed by atoms with van der Waals surface area (Å²) in [5.41, 5.74) is 8.57. The van der Waals surface area contributed by atoms with Gasteiger partial charge in [0.15, 0.2) is 0 Å². The number of amides is 2. The number of aromatic nitrogens is 5. The van der Waals surface area contributed by atoms with Crippen LogP contribution in [0.1, 0.15) is 20.8 Å². The van der Waals surface area contributed by atoms with E-state index in [1.807, 2.05) is 18.2 Å². The van der Waals surface area contributed by atoms with Crippen LogP contribution in [0.5, 0.6) is 0 Å². The SMILES string of the molecule is Cn1cc(NC(=O)c2cccc(-c3cncc(C(N)=O)c3)n2)c(-c2ccccn2)n1. The van der Waals surface area contributed by atoms with Gasteiger partial charge in [0.1, 0.15) is 11.4 Å². The molecule has 4 rings (SSSR count). The van der Waals surface area contributed by atoms with Crippen molar-refractivity contribution in [1.29, 1.82) is 0 Å². The first kappa shape index (κ1) is 18.9. The van der Waals surface area contributed by atoms with Gasteiger partial charge in [-0.2, -0.15) is 5.10 Å². The van der Waals surface area contributed by atoms with Gasteiger partial charge >= 0.3 is 0 Å². The molecule has 0 bridgehead atoms. The Morgan fingerprint density at radius 1 is 1.07 bits per heavy atom. The minimum absolute atomic E-state index is 0.202. The molecule has 2 amide bonds. The highest BCUT2D eigenvalue weighted by Gasteiger charge is 2.16. The monoisotopic (exact) mass is 399 g/mol. The zero-order valence-electron chi connectivity index (χ0n) is 16.0. The Morgan fingerprint density at radius 3 is 2.67 bits per heavy atom. The van der Waals surface area contributed by atoms with Crippen molar-refractivity contribution in [3.05, 3.63) is 78.5 Å². The number of anilines is 1. The zero-order chi connectivity index (χ0) is 21.1. The van der Waals surface area contributed by atoms with E-state index in [0.29, 0.717) is 28.3 Å². The molecule has 0 aliphatic heterocycles. The predicted molar refractivity (Wildman–Crippen MR) is 110 cm³/mol. The third-order valence-corrected chi connectivity index (χ3v) is 4.28. The van der Waals surface area contributed by atoms with Crippen LogP contribution in [-0.4, -0.2) is 36.5 Å². The summed E-state index contributed by atoms with van der Waals surface area (Å²) in [5, 5.41) is 7.23. The first-order valence-electron chi connectivity index (χ1n) is 9.00. The lowest BCUT2D eigenvalue weighted by Crippen LogP contribution is -2.14. The average Bonchev–Trinajstić information content (AvgIpc) is 3.14. The molecule has 0 spiro atoms. The molecule has 0 fully saturated rings. The molecule has 0 saturated heterocycles. The molecule has 30 heavy (non-hydrogen) atoms. The van der Waals surface area contributed by atoms with Gasteiger partial charge in [-0.15, -0.1) is 0 Å². The second kappa shape index (κ2) is 7.92. The van der Waals surface area contributed by atoms with Crippen LogP contribution in [0.3, 0.4) is 0 Å². The van der Waals surface area contributed by atoms with Crippen LogP contribution in [0, 0.1) is 0 Å². The van der Waals surface area contributed by atoms with Crippen molar-refractivity contribution >= 4 is 17.5 Å². The van der Waals surface area contributed by atoms with Gasteiger partial charge < -0.3 is 11.1 Å². The van der Waals surface area contributed by atoms with E-state index in [9.17, 15) is 9.59 Å². The number of nitrogens with two attached hydrogens (primary N) is 1. The average molecular weight is 399 g/mol. The highest BCUT2D eigenvalue weighted by molar-refractivity contribution is 6.04. The Bertz CT molecular complexity index is 1240. The van der Waals surface area contributed by atoms with Gasteiger partial charge in [0, 0.05) is 37.4 Å². The van der Waals surface area contributed by atoms with Crippen LogP contribution in [0.15, 0.2) is 67.3 Å². The van der Waals surface area contributed by atoms with Gasteiger partial charge in [0.05, 0.1) is 22.6 Å². The van der Waals surface area contributed by atoms with Crippen LogP contribution in [0.25, 0.3) is 22.6 Å². The number of carbonyl (C=O) groups is 2. The predicted octanol–water partition coefficient (Wildman–Crippen LogP) is 2.29. The summed E-state index contributed by atoms with van der Waals surface area (Å²) >= 11 is 0. The molecule has 0 aliphatic carbocycles. The van der Waals surface area contributed by atoms with Crippen LogP contribution in [0.4, 0.5) is 5.69 Å². The number of nitrogens with one attached hydrogen (secondary N) is 1. The summed E-state index contributed by atoms with van der Waals surface area (Å²) in [7, 11) is 1.76. The quantitative estimate of drug-likeness (QED) is 0.530. The normalized spacial score (nSPS) is 10.6. The first-order chi connectivity index (χ1) is 14.5. The van der Waals surface area contributed by atoms with E-state index in [1.165, 1.54) is 6.20 Å². The van der Waals surface area contributed by atoms with Gasteiger partial charge in [-0.1, -0.05) is 12.1 Å². The minimum Gasteiger partial charge on any atom is -0.366 e. The van der Waals surface area contributed by atoms with E-state index in [1.54, 1.807) is 54.6 Å². The van der Waals surface area contributed by atoms with Gasteiger partial charge in [-0.05, 0) is 30.3 Å². The van der Waals surface area contributed by atoms with Crippen LogP contribution in [0.2, 0.25) is 0 Å². The molecule has 148 valence electrons. The maximum atomic E-state index is 12.8. The van der Waals surface area contributed by atoms with E-state index in [-0.39, 0.29) is 11.3 Å². The fourth-order valence-corrected chi connectivity index (χ4v) is 2.90. The Kier molecular flexibility index (Phi) is 5.00. The highest BCUT2D eigenvalue weighted by atomic mass is 16.2. The number of carbonyl (C=O) groups excluding carboxylic acids is 2. The van der Waals surface area contributed by atoms with E-state index in [0.717, 1.165) is 0 Å². The molecule has 0 unspecified atom stereocenters. The van der Waals surface area contributed by atoms with Crippen LogP contribution < -0.4 is 11.1 Å². The van der Waals surface area contributed by atoms with Crippen LogP contribution >= 0.6 is 0 Å². The first-order valence-corrected chi connectivity index (χ1v) is 9.00. The van der Waals surface area contributed by atoms with Crippen molar-refractivity contribution in [3.63, 3.8) is 0 Å². The van der Waals surface area contributed by atoms with E-state index < -0.39 is 11.8 Å². The molecule has 4 aromatic heterocycles. The fraction of sp³-hybridized carbons (Fsp3) is 0.0476. The number of hydrogen-bond acceptors (Lipinski definition) is 6. The molecule has 9 heteroatoms. The Morgan fingerprint density at radius 2 is 1.90 bits per heavy atom. The van der Waals surface area contributed by atoms with Crippen molar-refractivity contribution in [2.75, 3.05) is 5.32 Å². The number of rotatable bonds is 5. The minimum atomic E-state index is -0.586. The smallest absolute Gasteiger partial charge is 0.274 e. The van der Waals surface area contributed by atoms with Crippen LogP contribution in [-0.2, 0) is 7.05 Å². The number of primary amides is 1. The number of aryl methyl sites for hydroxylation is 1. The molecular weight excluding hydrogens is 382 g/mol. The van der Waals surface area contributed by atoms with Crippen molar-refractivity contribution < 1.29 is 9.59 Å². The fourth-order valence-electron chi connectivity index (χ4n) is 2.90. The maximum absolute atomic E-state index is 12.8. The number of pyridine rings is 3. The number of hydrogen-bond donors (Lipinski definition) is 2. The Labute approximate surface area is 171 Å². The molecule has 4 aromatic rings. The topological polar surface area (TPSA) is 129 Å². The lowest BCUT2D eigenvalue weighted by Gasteiger charge is -2.07. The lowest BCUT2D eigenvalue weighted by atomic mass is 10.1. The highest BCUT2D eigenvalue weighted by Crippen LogP contribution is 2.25. The lowest BCUT2D eigenvalue weighted by molar-refractivity contribution is 0.0996. The summed E-state index contributed by atoms with van der Waals surface area (Å²) in [6.07, 6.45) is 6.29. The third-order valence-electron chi connectivity index (χ3n) is 4.28. The number of nitrogens with zero attached hydrogens (tertiary/aromatic N) is 5. The van der Waals surface area contributed by atoms with Gasteiger partial charge in [-0.25, -0.2) is 4.98 Å². The summed E-state index contributed by atoms with van der Waals surface area (Å²) in [6.45, 7) is 0. The summed E-state index contributed by atoms with van der Waals surface area (Å²) in [6, 6.07) is 12.1. The van der Waals surface area contributed by atoms with Gasteiger partial charge in [-0.3, -0.25) is 24.2 Å². The van der Waals surface area contributed by atoms with E-state index in [4.69, 9.17) is 5.73 Å². The molecule has 0 radical (unpaired) electrons. The van der Waals surface area contributed by atoms with Crippen molar-refractivity contribution in [3.8, 4) is 22.6 Å². The molecule has 0 aromatic carbocycles. The molecule has 3 N–H and O–H groups in total. The summed E-state index contributed by atoms with van der Waals surface area (Å²) in [4.78, 5) is 36.9. The standard InChI is InChI=1S/C21H17N7O2/c1-28-12-18(19(27-28)16-5-2-3-8-24-16)26-21(30)17-7-4-6-15(25-17)13-9-14(20(22)29)11-23-10-13/h2-12H,1H3,(H2,22,29)(H,26,30). The van der Waals surface area contributed by atoms with E-state index in [2.05, 4.69) is 25.4 Å². The Hall–Kier alpha value is -4.40. The largest absolute Gasteiger partial charge is 0.366 e. The second-order valence-electron chi connectivity index (χ2n) is 6.47. The molecule has 4 heterocycles. The summed E-state index contributed by atoms with van der Waals surface area (Å²) < 4.78 is 1.60. The maximum Gasteiger partial charge on any atom is 0.274 e.